The van der Waals surface area contributed by atoms with Crippen LogP contribution in [0.15, 0.2) is 18.3 Å². The first-order valence-electron chi connectivity index (χ1n) is 9.89. The standard InChI is InChI=1S/C20H27N3O2/c24-20(13-4-5-19(21-12-13)23-6-8-25-9-7-23)22-18-11-14-10-17(18)16-3-1-2-15(14)16/h4-5,12,14-18H,1-3,6-11H2,(H,22,24). The predicted octanol–water partition coefficient (Wildman–Crippen LogP) is 2.47. The number of pyridine rings is 1. The van der Waals surface area contributed by atoms with Gasteiger partial charge >= 0.3 is 0 Å². The molecule has 5 atom stereocenters. The summed E-state index contributed by atoms with van der Waals surface area (Å²) in [6.07, 6.45) is 8.47. The molecule has 1 aromatic heterocycles. The molecule has 1 amide bonds. The second-order valence-corrected chi connectivity index (χ2v) is 8.24. The number of anilines is 1. The summed E-state index contributed by atoms with van der Waals surface area (Å²) in [4.78, 5) is 19.4. The van der Waals surface area contributed by atoms with Crippen molar-refractivity contribution in [1.29, 1.82) is 0 Å². The minimum atomic E-state index is 0.0492. The molecule has 0 radical (unpaired) electrons. The van der Waals surface area contributed by atoms with E-state index >= 15 is 0 Å². The molecule has 1 aromatic rings. The lowest BCUT2D eigenvalue weighted by Crippen LogP contribution is -2.42. The molecule has 25 heavy (non-hydrogen) atoms. The van der Waals surface area contributed by atoms with E-state index in [1.165, 1.54) is 32.1 Å². The fourth-order valence-electron chi connectivity index (χ4n) is 5.99. The number of fused-ring (bicyclic) bond motifs is 5. The quantitative estimate of drug-likeness (QED) is 0.918. The summed E-state index contributed by atoms with van der Waals surface area (Å²) >= 11 is 0. The molecule has 4 aliphatic rings. The Morgan fingerprint density at radius 2 is 1.96 bits per heavy atom. The number of amides is 1. The molecule has 134 valence electrons. The van der Waals surface area contributed by atoms with Crippen LogP contribution in [0, 0.1) is 23.7 Å². The fourth-order valence-corrected chi connectivity index (χ4v) is 5.99. The second kappa shape index (κ2) is 6.27. The summed E-state index contributed by atoms with van der Waals surface area (Å²) in [5, 5.41) is 3.33. The molecule has 2 heterocycles. The van der Waals surface area contributed by atoms with Crippen LogP contribution in [0.3, 0.4) is 0 Å². The lowest BCUT2D eigenvalue weighted by molar-refractivity contribution is 0.0900. The van der Waals surface area contributed by atoms with Crippen molar-refractivity contribution in [2.24, 2.45) is 23.7 Å². The van der Waals surface area contributed by atoms with Crippen LogP contribution in [0.1, 0.15) is 42.5 Å². The van der Waals surface area contributed by atoms with Crippen molar-refractivity contribution in [3.8, 4) is 0 Å². The maximum Gasteiger partial charge on any atom is 0.253 e. The molecule has 3 saturated carbocycles. The number of nitrogens with one attached hydrogen (secondary N) is 1. The number of nitrogens with zero attached hydrogens (tertiary/aromatic N) is 2. The zero-order valence-corrected chi connectivity index (χ0v) is 14.7. The fraction of sp³-hybridized carbons (Fsp3) is 0.700. The van der Waals surface area contributed by atoms with Gasteiger partial charge in [-0.05, 0) is 61.5 Å². The molecule has 1 N–H and O–H groups in total. The zero-order valence-electron chi connectivity index (χ0n) is 14.7. The molecule has 4 fully saturated rings. The monoisotopic (exact) mass is 341 g/mol. The van der Waals surface area contributed by atoms with Crippen molar-refractivity contribution in [3.63, 3.8) is 0 Å². The van der Waals surface area contributed by atoms with E-state index in [-0.39, 0.29) is 5.91 Å². The molecule has 5 rings (SSSR count). The molecule has 5 nitrogen and oxygen atoms in total. The number of rotatable bonds is 3. The predicted molar refractivity (Wildman–Crippen MR) is 95.6 cm³/mol. The minimum Gasteiger partial charge on any atom is -0.378 e. The van der Waals surface area contributed by atoms with Gasteiger partial charge in [-0.3, -0.25) is 4.79 Å². The van der Waals surface area contributed by atoms with Gasteiger partial charge in [0.15, 0.2) is 0 Å². The largest absolute Gasteiger partial charge is 0.378 e. The van der Waals surface area contributed by atoms with Crippen LogP contribution < -0.4 is 10.2 Å². The van der Waals surface area contributed by atoms with E-state index in [1.807, 2.05) is 12.1 Å². The normalized spacial score (nSPS) is 36.5. The van der Waals surface area contributed by atoms with E-state index in [1.54, 1.807) is 6.20 Å². The molecule has 1 saturated heterocycles. The van der Waals surface area contributed by atoms with E-state index in [2.05, 4.69) is 15.2 Å². The van der Waals surface area contributed by atoms with Gasteiger partial charge in [-0.15, -0.1) is 0 Å². The number of ether oxygens (including phenoxy) is 1. The van der Waals surface area contributed by atoms with Gasteiger partial charge in [-0.1, -0.05) is 6.42 Å². The molecule has 5 heteroatoms. The smallest absolute Gasteiger partial charge is 0.253 e. The summed E-state index contributed by atoms with van der Waals surface area (Å²) in [6.45, 7) is 3.23. The third kappa shape index (κ3) is 2.73. The highest BCUT2D eigenvalue weighted by atomic mass is 16.5. The molecular weight excluding hydrogens is 314 g/mol. The van der Waals surface area contributed by atoms with Gasteiger partial charge in [0.1, 0.15) is 5.82 Å². The van der Waals surface area contributed by atoms with Crippen molar-refractivity contribution in [2.75, 3.05) is 31.2 Å². The summed E-state index contributed by atoms with van der Waals surface area (Å²) in [5.74, 6) is 4.42. The summed E-state index contributed by atoms with van der Waals surface area (Å²) < 4.78 is 5.38. The highest BCUT2D eigenvalue weighted by molar-refractivity contribution is 5.94. The number of carbonyl (C=O) groups is 1. The lowest BCUT2D eigenvalue weighted by atomic mass is 9.79. The average Bonchev–Trinajstić information content (AvgIpc) is 3.36. The SMILES string of the molecule is O=C(NC1CC2CC1C1CCCC21)c1ccc(N2CCOCC2)nc1. The van der Waals surface area contributed by atoms with E-state index in [4.69, 9.17) is 4.74 Å². The Hall–Kier alpha value is -1.62. The molecule has 1 aliphatic heterocycles. The van der Waals surface area contributed by atoms with Crippen LogP contribution >= 0.6 is 0 Å². The second-order valence-electron chi connectivity index (χ2n) is 8.24. The van der Waals surface area contributed by atoms with E-state index < -0.39 is 0 Å². The first-order chi connectivity index (χ1) is 12.3. The first kappa shape index (κ1) is 15.6. The van der Waals surface area contributed by atoms with Gasteiger partial charge in [0.25, 0.3) is 5.91 Å². The van der Waals surface area contributed by atoms with Gasteiger partial charge in [-0.25, -0.2) is 4.98 Å². The number of aromatic nitrogens is 1. The Kier molecular flexibility index (Phi) is 3.92. The highest BCUT2D eigenvalue weighted by Gasteiger charge is 2.54. The minimum absolute atomic E-state index is 0.0492. The number of hydrogen-bond acceptors (Lipinski definition) is 4. The van der Waals surface area contributed by atoms with Crippen molar-refractivity contribution in [1.82, 2.24) is 10.3 Å². The molecule has 0 aromatic carbocycles. The van der Waals surface area contributed by atoms with Gasteiger partial charge < -0.3 is 15.0 Å². The Morgan fingerprint density at radius 1 is 1.12 bits per heavy atom. The van der Waals surface area contributed by atoms with E-state index in [9.17, 15) is 4.79 Å². The average molecular weight is 341 g/mol. The summed E-state index contributed by atoms with van der Waals surface area (Å²) in [6, 6.07) is 4.27. The van der Waals surface area contributed by atoms with Crippen molar-refractivity contribution in [3.05, 3.63) is 23.9 Å². The van der Waals surface area contributed by atoms with Crippen LogP contribution in [-0.4, -0.2) is 43.2 Å². The molecule has 2 bridgehead atoms. The van der Waals surface area contributed by atoms with Crippen molar-refractivity contribution < 1.29 is 9.53 Å². The van der Waals surface area contributed by atoms with Gasteiger partial charge in [0, 0.05) is 25.3 Å². The highest BCUT2D eigenvalue weighted by Crippen LogP contribution is 2.58. The third-order valence-corrected chi connectivity index (χ3v) is 7.09. The Labute approximate surface area is 149 Å². The summed E-state index contributed by atoms with van der Waals surface area (Å²) in [7, 11) is 0. The molecule has 0 spiro atoms. The lowest BCUT2D eigenvalue weighted by Gasteiger charge is -2.32. The van der Waals surface area contributed by atoms with Crippen LogP contribution in [-0.2, 0) is 4.74 Å². The Balaban J connectivity index is 1.23. The topological polar surface area (TPSA) is 54.5 Å². The molecular formula is C20H27N3O2. The number of morpholine rings is 1. The van der Waals surface area contributed by atoms with Gasteiger partial charge in [0.05, 0.1) is 18.8 Å². The van der Waals surface area contributed by atoms with Gasteiger partial charge in [-0.2, -0.15) is 0 Å². The van der Waals surface area contributed by atoms with Crippen molar-refractivity contribution in [2.45, 2.75) is 38.1 Å². The maximum absolute atomic E-state index is 12.7. The number of hydrogen-bond donors (Lipinski definition) is 1. The Morgan fingerprint density at radius 3 is 2.76 bits per heavy atom. The molecule has 3 aliphatic carbocycles. The Bertz CT molecular complexity index is 641. The van der Waals surface area contributed by atoms with Crippen LogP contribution in [0.25, 0.3) is 0 Å². The van der Waals surface area contributed by atoms with E-state index in [0.717, 1.165) is 55.8 Å². The van der Waals surface area contributed by atoms with Crippen LogP contribution in [0.2, 0.25) is 0 Å². The third-order valence-electron chi connectivity index (χ3n) is 7.09. The van der Waals surface area contributed by atoms with Crippen LogP contribution in [0.5, 0.6) is 0 Å². The van der Waals surface area contributed by atoms with E-state index in [0.29, 0.717) is 11.6 Å². The van der Waals surface area contributed by atoms with Gasteiger partial charge in [0.2, 0.25) is 0 Å². The number of carbonyl (C=O) groups excluding carboxylic acids is 1. The maximum atomic E-state index is 12.7. The zero-order chi connectivity index (χ0) is 16.8. The first-order valence-corrected chi connectivity index (χ1v) is 9.89. The van der Waals surface area contributed by atoms with Crippen molar-refractivity contribution >= 4 is 11.7 Å². The molecule has 5 unspecified atom stereocenters. The van der Waals surface area contributed by atoms with Crippen LogP contribution in [0.4, 0.5) is 5.82 Å². The summed E-state index contributed by atoms with van der Waals surface area (Å²) in [5.41, 5.74) is 0.683.